The van der Waals surface area contributed by atoms with Gasteiger partial charge in [0.15, 0.2) is 0 Å². The summed E-state index contributed by atoms with van der Waals surface area (Å²) in [6.45, 7) is 3.72. The Morgan fingerprint density at radius 3 is 2.80 bits per heavy atom. The average Bonchev–Trinajstić information content (AvgIpc) is 2.52. The summed E-state index contributed by atoms with van der Waals surface area (Å²) in [5, 5.41) is 12.2. The average molecular weight is 267 g/mol. The summed E-state index contributed by atoms with van der Waals surface area (Å²) >= 11 is 0. The third kappa shape index (κ3) is 3.14. The maximum Gasteiger partial charge on any atom is 0.123 e. The Bertz CT molecular complexity index is 632. The molecule has 0 fully saturated rings. The summed E-state index contributed by atoms with van der Waals surface area (Å²) in [5.41, 5.74) is 3.62. The normalized spacial score (nSPS) is 10.1. The molecule has 0 amide bonds. The van der Waals surface area contributed by atoms with E-state index in [0.29, 0.717) is 5.56 Å². The smallest absolute Gasteiger partial charge is 0.123 e. The lowest BCUT2D eigenvalue weighted by atomic mass is 10.0. The summed E-state index contributed by atoms with van der Waals surface area (Å²) in [5.74, 6) is 0.860. The van der Waals surface area contributed by atoms with Crippen LogP contribution in [0.2, 0.25) is 0 Å². The van der Waals surface area contributed by atoms with Gasteiger partial charge in [0.2, 0.25) is 0 Å². The van der Waals surface area contributed by atoms with Crippen LogP contribution in [-0.2, 0) is 6.54 Å². The molecular weight excluding hydrogens is 250 g/mol. The predicted molar refractivity (Wildman–Crippen MR) is 78.3 cm³/mol. The van der Waals surface area contributed by atoms with Gasteiger partial charge in [-0.15, -0.1) is 0 Å². The molecule has 102 valence electrons. The van der Waals surface area contributed by atoms with Crippen molar-refractivity contribution in [2.75, 3.05) is 13.7 Å². The molecule has 1 N–H and O–H groups in total. The molecule has 0 atom stereocenters. The quantitative estimate of drug-likeness (QED) is 0.905. The van der Waals surface area contributed by atoms with E-state index in [0.717, 1.165) is 35.5 Å². The molecule has 0 saturated heterocycles. The zero-order chi connectivity index (χ0) is 14.4. The van der Waals surface area contributed by atoms with Gasteiger partial charge in [0.1, 0.15) is 11.8 Å². The number of benzene rings is 1. The van der Waals surface area contributed by atoms with Crippen LogP contribution in [0.1, 0.15) is 18.1 Å². The number of ether oxygens (including phenoxy) is 1. The van der Waals surface area contributed by atoms with Crippen LogP contribution in [0.15, 0.2) is 36.7 Å². The molecule has 1 aromatic heterocycles. The van der Waals surface area contributed by atoms with Crippen LogP contribution >= 0.6 is 0 Å². The lowest BCUT2D eigenvalue weighted by Crippen LogP contribution is -2.12. The van der Waals surface area contributed by atoms with Gasteiger partial charge in [-0.1, -0.05) is 13.0 Å². The van der Waals surface area contributed by atoms with Crippen molar-refractivity contribution < 1.29 is 4.74 Å². The van der Waals surface area contributed by atoms with E-state index in [2.05, 4.69) is 29.4 Å². The number of hydrogen-bond acceptors (Lipinski definition) is 4. The molecule has 2 aromatic rings. The standard InChI is InChI=1S/C16H17N3O/c1-3-18-11-15-7-13(4-5-16(15)20-2)14-6-12(8-17)9-19-10-14/h4-7,9-10,18H,3,11H2,1-2H3. The number of pyridine rings is 1. The molecule has 1 aromatic carbocycles. The van der Waals surface area contributed by atoms with Gasteiger partial charge >= 0.3 is 0 Å². The fraction of sp³-hybridized carbons (Fsp3) is 0.250. The zero-order valence-electron chi connectivity index (χ0n) is 11.7. The Labute approximate surface area is 119 Å². The molecule has 20 heavy (non-hydrogen) atoms. The van der Waals surface area contributed by atoms with E-state index in [1.165, 1.54) is 0 Å². The minimum atomic E-state index is 0.562. The predicted octanol–water partition coefficient (Wildman–Crippen LogP) is 2.74. The van der Waals surface area contributed by atoms with Gasteiger partial charge in [-0.2, -0.15) is 5.26 Å². The molecule has 4 heteroatoms. The number of nitrogens with one attached hydrogen (secondary N) is 1. The van der Waals surface area contributed by atoms with Crippen LogP contribution < -0.4 is 10.1 Å². The van der Waals surface area contributed by atoms with Gasteiger partial charge in [0, 0.05) is 30.1 Å². The molecule has 1 heterocycles. The highest BCUT2D eigenvalue weighted by Gasteiger charge is 2.06. The van der Waals surface area contributed by atoms with Crippen molar-refractivity contribution in [1.29, 1.82) is 5.26 Å². The molecule has 0 spiro atoms. The van der Waals surface area contributed by atoms with Crippen molar-refractivity contribution in [3.8, 4) is 22.9 Å². The highest BCUT2D eigenvalue weighted by atomic mass is 16.5. The highest BCUT2D eigenvalue weighted by Crippen LogP contribution is 2.26. The van der Waals surface area contributed by atoms with E-state index in [-0.39, 0.29) is 0 Å². The number of nitriles is 1. The Morgan fingerprint density at radius 2 is 2.10 bits per heavy atom. The van der Waals surface area contributed by atoms with Gasteiger partial charge < -0.3 is 10.1 Å². The summed E-state index contributed by atoms with van der Waals surface area (Å²) in [6, 6.07) is 9.94. The van der Waals surface area contributed by atoms with Crippen molar-refractivity contribution in [3.63, 3.8) is 0 Å². The van der Waals surface area contributed by atoms with Crippen LogP contribution in [-0.4, -0.2) is 18.6 Å². The maximum absolute atomic E-state index is 8.94. The molecule has 0 aliphatic carbocycles. The van der Waals surface area contributed by atoms with E-state index >= 15 is 0 Å². The summed E-state index contributed by atoms with van der Waals surface area (Å²) in [6.07, 6.45) is 3.33. The van der Waals surface area contributed by atoms with Crippen LogP contribution in [0.25, 0.3) is 11.1 Å². The van der Waals surface area contributed by atoms with E-state index < -0.39 is 0 Å². The lowest BCUT2D eigenvalue weighted by Gasteiger charge is -2.11. The second-order valence-electron chi connectivity index (χ2n) is 4.38. The van der Waals surface area contributed by atoms with Gasteiger partial charge in [-0.25, -0.2) is 0 Å². The van der Waals surface area contributed by atoms with Gasteiger partial charge in [0.05, 0.1) is 12.7 Å². The van der Waals surface area contributed by atoms with E-state index in [1.54, 1.807) is 19.5 Å². The minimum absolute atomic E-state index is 0.562. The second-order valence-corrected chi connectivity index (χ2v) is 4.38. The van der Waals surface area contributed by atoms with Gasteiger partial charge in [0.25, 0.3) is 0 Å². The Hall–Kier alpha value is -2.38. The third-order valence-corrected chi connectivity index (χ3v) is 3.05. The SMILES string of the molecule is CCNCc1cc(-c2cncc(C#N)c2)ccc1OC. The van der Waals surface area contributed by atoms with Crippen LogP contribution in [0, 0.1) is 11.3 Å². The van der Waals surface area contributed by atoms with Crippen LogP contribution in [0.3, 0.4) is 0 Å². The fourth-order valence-electron chi connectivity index (χ4n) is 2.01. The zero-order valence-corrected chi connectivity index (χ0v) is 11.7. The number of hydrogen-bond donors (Lipinski definition) is 1. The number of aromatic nitrogens is 1. The Kier molecular flexibility index (Phi) is 4.70. The molecule has 4 nitrogen and oxygen atoms in total. The third-order valence-electron chi connectivity index (χ3n) is 3.05. The first-order valence-electron chi connectivity index (χ1n) is 6.51. The summed E-state index contributed by atoms with van der Waals surface area (Å²) in [4.78, 5) is 4.10. The maximum atomic E-state index is 8.94. The fourth-order valence-corrected chi connectivity index (χ4v) is 2.01. The summed E-state index contributed by atoms with van der Waals surface area (Å²) in [7, 11) is 1.67. The van der Waals surface area contributed by atoms with Crippen molar-refractivity contribution in [3.05, 3.63) is 47.8 Å². The van der Waals surface area contributed by atoms with Crippen molar-refractivity contribution >= 4 is 0 Å². The molecule has 2 rings (SSSR count). The van der Waals surface area contributed by atoms with Crippen molar-refractivity contribution in [2.45, 2.75) is 13.5 Å². The molecule has 0 bridgehead atoms. The van der Waals surface area contributed by atoms with Gasteiger partial charge in [-0.05, 0) is 30.3 Å². The first-order valence-corrected chi connectivity index (χ1v) is 6.51. The van der Waals surface area contributed by atoms with Crippen molar-refractivity contribution in [2.24, 2.45) is 0 Å². The summed E-state index contributed by atoms with van der Waals surface area (Å²) < 4.78 is 5.37. The van der Waals surface area contributed by atoms with Crippen LogP contribution in [0.4, 0.5) is 0 Å². The highest BCUT2D eigenvalue weighted by molar-refractivity contribution is 5.66. The first kappa shape index (κ1) is 14.0. The number of nitrogens with zero attached hydrogens (tertiary/aromatic N) is 2. The molecule has 0 saturated carbocycles. The topological polar surface area (TPSA) is 57.9 Å². The molecular formula is C16H17N3O. The molecule has 0 aliphatic heterocycles. The molecule has 0 aliphatic rings. The lowest BCUT2D eigenvalue weighted by molar-refractivity contribution is 0.408. The Balaban J connectivity index is 2.39. The number of rotatable bonds is 5. The van der Waals surface area contributed by atoms with Gasteiger partial charge in [-0.3, -0.25) is 4.98 Å². The van der Waals surface area contributed by atoms with E-state index in [1.807, 2.05) is 18.2 Å². The first-order chi connectivity index (χ1) is 9.78. The van der Waals surface area contributed by atoms with Crippen molar-refractivity contribution in [1.82, 2.24) is 10.3 Å². The molecule has 0 radical (unpaired) electrons. The number of methoxy groups -OCH3 is 1. The van der Waals surface area contributed by atoms with E-state index in [4.69, 9.17) is 10.00 Å². The van der Waals surface area contributed by atoms with Crippen LogP contribution in [0.5, 0.6) is 5.75 Å². The van der Waals surface area contributed by atoms with E-state index in [9.17, 15) is 0 Å². The molecule has 0 unspecified atom stereocenters. The monoisotopic (exact) mass is 267 g/mol. The largest absolute Gasteiger partial charge is 0.496 e. The minimum Gasteiger partial charge on any atom is -0.496 e. The second kappa shape index (κ2) is 6.69. The Morgan fingerprint density at radius 1 is 1.25 bits per heavy atom.